The maximum Gasteiger partial charge on any atom is 0.251 e. The Hall–Kier alpha value is -3.09. The third kappa shape index (κ3) is 4.28. The van der Waals surface area contributed by atoms with Crippen LogP contribution in [0.15, 0.2) is 36.4 Å². The molecule has 5 unspecified atom stereocenters. The number of aliphatic hydroxyl groups is 5. The topological polar surface area (TPSA) is 169 Å². The monoisotopic (exact) mass is 464 g/mol. The molecule has 11 heteroatoms. The number of carbonyl (C=O) groups excluding carboxylic acids is 2. The van der Waals surface area contributed by atoms with E-state index in [0.717, 1.165) is 12.1 Å². The fraction of sp³-hybridized carbons (Fsp3) is 0.364. The summed E-state index contributed by atoms with van der Waals surface area (Å²) in [7, 11) is 2.86. The van der Waals surface area contributed by atoms with E-state index in [-0.39, 0.29) is 16.7 Å². The van der Waals surface area contributed by atoms with Crippen molar-refractivity contribution in [3.8, 4) is 16.9 Å². The van der Waals surface area contributed by atoms with Crippen LogP contribution in [0.1, 0.15) is 20.7 Å². The molecule has 0 heterocycles. The zero-order valence-corrected chi connectivity index (χ0v) is 17.8. The van der Waals surface area contributed by atoms with Gasteiger partial charge in [0.25, 0.3) is 11.8 Å². The summed E-state index contributed by atoms with van der Waals surface area (Å²) in [5.41, 5.74) is -1.39. The molecule has 1 aliphatic carbocycles. The molecule has 0 spiro atoms. The van der Waals surface area contributed by atoms with Crippen molar-refractivity contribution in [3.63, 3.8) is 0 Å². The first kappa shape index (κ1) is 24.6. The van der Waals surface area contributed by atoms with E-state index in [1.54, 1.807) is 0 Å². The normalized spacial score (nSPS) is 25.0. The van der Waals surface area contributed by atoms with Gasteiger partial charge < -0.3 is 40.9 Å². The predicted molar refractivity (Wildman–Crippen MR) is 113 cm³/mol. The maximum absolute atomic E-state index is 14.8. The standard InChI is InChI=1S/C22H25FN2O8/c1-24-19(29)12-5-11(6-13(7-12)20(30)25-2)10-3-4-16(15(23)8-10)33-21(31)22(32)14(9-26)17(27)18(22)28/h3-8,14,17-18,21,26-28,31-32H,9H2,1-2H3,(H,24,29)(H,25,30). The molecule has 2 aromatic rings. The van der Waals surface area contributed by atoms with Gasteiger partial charge in [-0.05, 0) is 41.5 Å². The number of carbonyl (C=O) groups is 2. The highest BCUT2D eigenvalue weighted by Gasteiger charge is 2.65. The molecule has 0 aromatic heterocycles. The molecular weight excluding hydrogens is 439 g/mol. The number of nitrogens with one attached hydrogen (secondary N) is 2. The lowest BCUT2D eigenvalue weighted by Crippen LogP contribution is -2.76. The van der Waals surface area contributed by atoms with Crippen LogP contribution >= 0.6 is 0 Å². The Morgan fingerprint density at radius 2 is 1.64 bits per heavy atom. The Bertz CT molecular complexity index is 1030. The Kier molecular flexibility index (Phi) is 7.00. The van der Waals surface area contributed by atoms with Crippen LogP contribution in [0.4, 0.5) is 4.39 Å². The van der Waals surface area contributed by atoms with Crippen LogP contribution in [0.3, 0.4) is 0 Å². The van der Waals surface area contributed by atoms with Gasteiger partial charge in [0.2, 0.25) is 6.29 Å². The van der Waals surface area contributed by atoms with E-state index in [4.69, 9.17) is 4.74 Å². The SMILES string of the molecule is CNC(=O)c1cc(C(=O)NC)cc(-c2ccc(OC(O)C3(O)C(O)C(O)C3CO)c(F)c2)c1. The van der Waals surface area contributed by atoms with Gasteiger partial charge in [0.05, 0.1) is 12.7 Å². The Balaban J connectivity index is 1.91. The molecule has 2 aromatic carbocycles. The highest BCUT2D eigenvalue weighted by Crippen LogP contribution is 2.42. The predicted octanol–water partition coefficient (Wildman–Crippen LogP) is -1.02. The molecular formula is C22H25FN2O8. The van der Waals surface area contributed by atoms with Crippen LogP contribution in [-0.2, 0) is 0 Å². The molecule has 5 atom stereocenters. The van der Waals surface area contributed by atoms with Gasteiger partial charge in [-0.1, -0.05) is 6.07 Å². The van der Waals surface area contributed by atoms with Crippen LogP contribution in [0.25, 0.3) is 11.1 Å². The minimum Gasteiger partial charge on any atom is -0.459 e. The quantitative estimate of drug-likeness (QED) is 0.256. The summed E-state index contributed by atoms with van der Waals surface area (Å²) in [5.74, 6) is -3.60. The lowest BCUT2D eigenvalue weighted by molar-refractivity contribution is -0.332. The third-order valence-corrected chi connectivity index (χ3v) is 5.81. The van der Waals surface area contributed by atoms with E-state index < -0.39 is 60.0 Å². The van der Waals surface area contributed by atoms with Gasteiger partial charge in [-0.3, -0.25) is 9.59 Å². The molecule has 10 nitrogen and oxygen atoms in total. The highest BCUT2D eigenvalue weighted by atomic mass is 19.1. The third-order valence-electron chi connectivity index (χ3n) is 5.81. The van der Waals surface area contributed by atoms with Crippen LogP contribution in [0.2, 0.25) is 0 Å². The van der Waals surface area contributed by atoms with Crippen molar-refractivity contribution < 1.29 is 44.2 Å². The van der Waals surface area contributed by atoms with Gasteiger partial charge in [0.1, 0.15) is 6.10 Å². The van der Waals surface area contributed by atoms with Gasteiger partial charge in [0.15, 0.2) is 17.2 Å². The fourth-order valence-electron chi connectivity index (χ4n) is 3.79. The van der Waals surface area contributed by atoms with Crippen molar-refractivity contribution in [2.75, 3.05) is 20.7 Å². The second-order valence-electron chi connectivity index (χ2n) is 7.68. The van der Waals surface area contributed by atoms with E-state index in [1.165, 1.54) is 38.4 Å². The zero-order valence-electron chi connectivity index (χ0n) is 17.8. The van der Waals surface area contributed by atoms with Gasteiger partial charge in [-0.25, -0.2) is 4.39 Å². The van der Waals surface area contributed by atoms with Crippen LogP contribution in [-0.4, -0.2) is 82.1 Å². The lowest BCUT2D eigenvalue weighted by atomic mass is 9.64. The number of aliphatic hydroxyl groups excluding tert-OH is 4. The van der Waals surface area contributed by atoms with Crippen LogP contribution in [0, 0.1) is 11.7 Å². The van der Waals surface area contributed by atoms with Gasteiger partial charge in [-0.15, -0.1) is 0 Å². The van der Waals surface area contributed by atoms with Crippen molar-refractivity contribution in [1.82, 2.24) is 10.6 Å². The van der Waals surface area contributed by atoms with E-state index in [9.17, 15) is 39.5 Å². The molecule has 0 saturated heterocycles. The number of rotatable bonds is 7. The number of ether oxygens (including phenoxy) is 1. The number of halogens is 1. The minimum absolute atomic E-state index is 0.180. The summed E-state index contributed by atoms with van der Waals surface area (Å²) in [6.45, 7) is -0.744. The van der Waals surface area contributed by atoms with E-state index in [1.807, 2.05) is 0 Å². The first-order chi connectivity index (χ1) is 15.6. The molecule has 1 fully saturated rings. The Morgan fingerprint density at radius 3 is 2.12 bits per heavy atom. The smallest absolute Gasteiger partial charge is 0.251 e. The summed E-state index contributed by atoms with van der Waals surface area (Å²) in [4.78, 5) is 24.2. The minimum atomic E-state index is -2.40. The van der Waals surface area contributed by atoms with Crippen molar-refractivity contribution >= 4 is 11.8 Å². The summed E-state index contributed by atoms with van der Waals surface area (Å²) in [6.07, 6.45) is -5.43. The molecule has 1 saturated carbocycles. The van der Waals surface area contributed by atoms with Gasteiger partial charge >= 0.3 is 0 Å². The summed E-state index contributed by atoms with van der Waals surface area (Å²) in [5, 5.41) is 54.3. The van der Waals surface area contributed by atoms with Crippen molar-refractivity contribution in [3.05, 3.63) is 53.3 Å². The largest absolute Gasteiger partial charge is 0.459 e. The average molecular weight is 464 g/mol. The van der Waals surface area contributed by atoms with Crippen molar-refractivity contribution in [1.29, 1.82) is 0 Å². The second kappa shape index (κ2) is 9.41. The van der Waals surface area contributed by atoms with Gasteiger partial charge in [0, 0.05) is 31.1 Å². The number of benzene rings is 2. The molecule has 33 heavy (non-hydrogen) atoms. The molecule has 1 aliphatic rings. The molecule has 2 amide bonds. The Labute approximate surface area is 188 Å². The zero-order chi connectivity index (χ0) is 24.5. The molecule has 3 rings (SSSR count). The second-order valence-corrected chi connectivity index (χ2v) is 7.68. The summed E-state index contributed by atoms with van der Waals surface area (Å²) in [6, 6.07) is 7.92. The number of hydrogen-bond donors (Lipinski definition) is 7. The van der Waals surface area contributed by atoms with Gasteiger partial charge in [-0.2, -0.15) is 0 Å². The highest BCUT2D eigenvalue weighted by molar-refractivity contribution is 6.01. The van der Waals surface area contributed by atoms with E-state index in [2.05, 4.69) is 10.6 Å². The van der Waals surface area contributed by atoms with Crippen molar-refractivity contribution in [2.45, 2.75) is 24.1 Å². The molecule has 178 valence electrons. The molecule has 7 N–H and O–H groups in total. The van der Waals surface area contributed by atoms with E-state index in [0.29, 0.717) is 5.56 Å². The van der Waals surface area contributed by atoms with Crippen LogP contribution < -0.4 is 15.4 Å². The number of hydrogen-bond acceptors (Lipinski definition) is 8. The first-order valence-corrected chi connectivity index (χ1v) is 10.0. The summed E-state index contributed by atoms with van der Waals surface area (Å²) < 4.78 is 19.8. The lowest BCUT2D eigenvalue weighted by Gasteiger charge is -2.53. The Morgan fingerprint density at radius 1 is 1.06 bits per heavy atom. The average Bonchev–Trinajstić information content (AvgIpc) is 2.83. The number of amides is 2. The first-order valence-electron chi connectivity index (χ1n) is 10.0. The fourth-order valence-corrected chi connectivity index (χ4v) is 3.79. The van der Waals surface area contributed by atoms with Crippen molar-refractivity contribution in [2.24, 2.45) is 5.92 Å². The van der Waals surface area contributed by atoms with E-state index >= 15 is 0 Å². The maximum atomic E-state index is 14.8. The molecule has 0 aliphatic heterocycles. The molecule has 0 radical (unpaired) electrons. The van der Waals surface area contributed by atoms with Crippen LogP contribution in [0.5, 0.6) is 5.75 Å². The summed E-state index contributed by atoms with van der Waals surface area (Å²) >= 11 is 0. The molecule has 0 bridgehead atoms.